The molecule has 7 N–H and O–H groups in total. The van der Waals surface area contributed by atoms with E-state index in [1.54, 1.807) is 58.0 Å². The van der Waals surface area contributed by atoms with E-state index in [-0.39, 0.29) is 34.4 Å². The van der Waals surface area contributed by atoms with E-state index >= 15 is 0 Å². The zero-order chi connectivity index (χ0) is 64.8. The van der Waals surface area contributed by atoms with Gasteiger partial charge >= 0.3 is 17.9 Å². The van der Waals surface area contributed by atoms with Crippen molar-refractivity contribution in [3.05, 3.63) is 166 Å². The van der Waals surface area contributed by atoms with E-state index < -0.39 is 50.2 Å². The zero-order valence-electron chi connectivity index (χ0n) is 52.9. The van der Waals surface area contributed by atoms with Gasteiger partial charge in [-0.25, -0.2) is 24.4 Å². The highest BCUT2D eigenvalue weighted by atomic mass is 33.1. The zero-order valence-corrected chi connectivity index (χ0v) is 58.5. The summed E-state index contributed by atoms with van der Waals surface area (Å²) in [5, 5.41) is 42.2. The molecule has 0 atom stereocenters. The summed E-state index contributed by atoms with van der Waals surface area (Å²) in [6.07, 6.45) is 15.2. The average Bonchev–Trinajstić information content (AvgIpc) is 1.79. The number of carbonyl (C=O) groups excluding carboxylic acids is 2. The minimum atomic E-state index is -2.18. The van der Waals surface area contributed by atoms with Gasteiger partial charge in [0.25, 0.3) is 5.91 Å². The maximum Gasteiger partial charge on any atom is 0.335 e. The monoisotopic (exact) mass is 1300 g/mol. The molecule has 3 aromatic heterocycles. The molecule has 14 nitrogen and oxygen atoms in total. The Bertz CT molecular complexity index is 4340. The van der Waals surface area contributed by atoms with Crippen LogP contribution in [0.15, 0.2) is 121 Å². The lowest BCUT2D eigenvalue weighted by atomic mass is 10.0. The number of allylic oxidation sites excluding steroid dienone is 2. The number of aromatic carboxylic acids is 3. The first-order valence-electron chi connectivity index (χ1n) is 30.1. The molecule has 2 amide bonds. The number of carboxylic acids is 3. The Balaban J connectivity index is 1.26. The molecule has 5 heterocycles. The van der Waals surface area contributed by atoms with E-state index in [2.05, 4.69) is 123 Å². The molecule has 0 spiro atoms. The molecule has 7 aromatic rings. The van der Waals surface area contributed by atoms with Crippen molar-refractivity contribution in [2.24, 2.45) is 5.92 Å². The standard InChI is InChI=1S/C70H76N6O8S2Si4/c1-87(2,3)50-33-42(29-46(37-50)67(78)72-26-28-86-85-27-25-71-66(77)41-15-13-14-16-41)62-54-17-19-56(73-54)63(43-30-47(68(79)80)38-51(34-43)88(4,5)6)58-21-23-60(75-58)65(45-32-49(70(83)84)40-53(36-45)90(10,11)12)61-24-22-59(76-61)64(57-20-18-55(62)74-57)44-31-48(69(81)82)39-52(35-44)89(7,8)9/h13-24,29-41,73,76H,25-28H2,1-12H3,(H,71,77)(H,72,78)(H,79,80)(H,81,82)(H,83,84). The van der Waals surface area contributed by atoms with E-state index in [0.29, 0.717) is 114 Å². The highest BCUT2D eigenvalue weighted by molar-refractivity contribution is 8.76. The van der Waals surface area contributed by atoms with Crippen LogP contribution in [0, 0.1) is 5.92 Å². The summed E-state index contributed by atoms with van der Waals surface area (Å²) in [4.78, 5) is 85.0. The Morgan fingerprint density at radius 3 is 1.01 bits per heavy atom. The predicted molar refractivity (Wildman–Crippen MR) is 385 cm³/mol. The maximum atomic E-state index is 14.5. The quantitative estimate of drug-likeness (QED) is 0.0215. The largest absolute Gasteiger partial charge is 0.478 e. The number of aromatic amines is 2. The molecule has 0 saturated heterocycles. The van der Waals surface area contributed by atoms with Crippen LogP contribution in [0.25, 0.3) is 90.9 Å². The fourth-order valence-corrected chi connectivity index (χ4v) is 17.6. The van der Waals surface area contributed by atoms with Crippen LogP contribution in [0.4, 0.5) is 0 Å². The minimum absolute atomic E-state index is 0.0218. The molecule has 462 valence electrons. The molecular formula is C70H76N6O8S2Si4. The Morgan fingerprint density at radius 2 is 0.711 bits per heavy atom. The number of carbonyl (C=O) groups is 5. The van der Waals surface area contributed by atoms with Crippen LogP contribution in [0.3, 0.4) is 0 Å². The second-order valence-electron chi connectivity index (χ2n) is 27.1. The molecule has 10 rings (SSSR count). The third-order valence-electron chi connectivity index (χ3n) is 16.2. The van der Waals surface area contributed by atoms with Gasteiger partial charge in [-0.2, -0.15) is 0 Å². The van der Waals surface area contributed by atoms with Crippen LogP contribution in [-0.2, 0) is 4.79 Å². The lowest BCUT2D eigenvalue weighted by molar-refractivity contribution is -0.122. The van der Waals surface area contributed by atoms with E-state index in [0.717, 1.165) is 26.3 Å². The number of aromatic nitrogens is 4. The summed E-state index contributed by atoms with van der Waals surface area (Å²) < 4.78 is 0. The van der Waals surface area contributed by atoms with Gasteiger partial charge in [0.05, 0.1) is 77.7 Å². The number of H-pyrrole nitrogens is 2. The van der Waals surface area contributed by atoms with Crippen molar-refractivity contribution in [2.45, 2.75) is 78.6 Å². The minimum Gasteiger partial charge on any atom is -0.478 e. The summed E-state index contributed by atoms with van der Waals surface area (Å²) in [6, 6.07) is 30.5. The van der Waals surface area contributed by atoms with Gasteiger partial charge in [0, 0.05) is 74.5 Å². The Hall–Kier alpha value is -8.12. The fraction of sp³-hybridized carbons (Fsp3) is 0.243. The molecule has 0 saturated carbocycles. The number of hydrogen-bond acceptors (Lipinski definition) is 9. The van der Waals surface area contributed by atoms with Gasteiger partial charge in [-0.05, 0) is 113 Å². The van der Waals surface area contributed by atoms with Crippen LogP contribution in [0.5, 0.6) is 0 Å². The van der Waals surface area contributed by atoms with Gasteiger partial charge in [0.1, 0.15) is 0 Å². The van der Waals surface area contributed by atoms with E-state index in [9.17, 15) is 39.3 Å². The van der Waals surface area contributed by atoms with Crippen LogP contribution in [0.2, 0.25) is 78.6 Å². The molecular weight excluding hydrogens is 1230 g/mol. The van der Waals surface area contributed by atoms with Crippen molar-refractivity contribution >= 4 is 151 Å². The van der Waals surface area contributed by atoms with Gasteiger partial charge in [0.15, 0.2) is 0 Å². The van der Waals surface area contributed by atoms with Crippen molar-refractivity contribution in [2.75, 3.05) is 24.6 Å². The number of nitrogens with zero attached hydrogens (tertiary/aromatic N) is 2. The number of rotatable bonds is 20. The topological polar surface area (TPSA) is 227 Å². The molecule has 4 aromatic carbocycles. The first kappa shape index (κ1) is 64.8. The number of carboxylic acid groups (broad SMARTS) is 3. The second kappa shape index (κ2) is 25.6. The van der Waals surface area contributed by atoms with Gasteiger partial charge in [-0.15, -0.1) is 0 Å². The summed E-state index contributed by atoms with van der Waals surface area (Å²) in [6.45, 7) is 27.3. The van der Waals surface area contributed by atoms with Crippen LogP contribution < -0.4 is 31.4 Å². The van der Waals surface area contributed by atoms with Crippen molar-refractivity contribution in [1.29, 1.82) is 0 Å². The fourth-order valence-electron chi connectivity index (χ4n) is 11.1. The van der Waals surface area contributed by atoms with Gasteiger partial charge < -0.3 is 35.9 Å². The highest BCUT2D eigenvalue weighted by Gasteiger charge is 2.28. The van der Waals surface area contributed by atoms with Crippen LogP contribution >= 0.6 is 21.6 Å². The number of hydrogen-bond donors (Lipinski definition) is 7. The Morgan fingerprint density at radius 1 is 0.422 bits per heavy atom. The molecule has 2 aliphatic heterocycles. The number of benzene rings is 4. The molecule has 8 bridgehead atoms. The number of fused-ring (bicyclic) bond motifs is 8. The lowest BCUT2D eigenvalue weighted by Gasteiger charge is -2.20. The number of amides is 2. The molecule has 20 heteroatoms. The third-order valence-corrected chi connectivity index (χ3v) is 26.7. The SMILES string of the molecule is C[Si](C)(C)c1cc(C(=O)O)cc(-c2c3nc(c(-c4cc(C(=O)O)cc([Si](C)(C)C)c4)c4ccc([nH]4)c(-c4cc(C(=O)NCCSSCCNC(=O)C5C=CC=C5)cc([Si](C)(C)C)c4)c4nc(c(-c5cc(C(=O)O)cc([Si](C)(C)C)c5)c5ccc2[nH]5)C=C4)C=C3)c1. The predicted octanol–water partition coefficient (Wildman–Crippen LogP) is 13.6. The molecule has 3 aliphatic rings. The Labute approximate surface area is 537 Å². The second-order valence-corrected chi connectivity index (χ2v) is 50.1. The summed E-state index contributed by atoms with van der Waals surface area (Å²) in [5.41, 5.74) is 10.8. The first-order chi connectivity index (χ1) is 42.4. The molecule has 0 fully saturated rings. The normalized spacial score (nSPS) is 13.3. The van der Waals surface area contributed by atoms with Crippen LogP contribution in [-0.4, -0.2) is 122 Å². The Kier molecular flexibility index (Phi) is 18.5. The van der Waals surface area contributed by atoms with E-state index in [1.807, 2.05) is 85.0 Å². The third kappa shape index (κ3) is 14.4. The van der Waals surface area contributed by atoms with Gasteiger partial charge in [-0.3, -0.25) is 9.59 Å². The molecule has 90 heavy (non-hydrogen) atoms. The summed E-state index contributed by atoms with van der Waals surface area (Å²) in [7, 11) is -5.43. The molecule has 0 unspecified atom stereocenters. The van der Waals surface area contributed by atoms with E-state index in [1.165, 1.54) is 0 Å². The van der Waals surface area contributed by atoms with Gasteiger partial charge in [-0.1, -0.05) is 176 Å². The maximum absolute atomic E-state index is 14.5. The number of nitrogens with one attached hydrogen (secondary N) is 4. The van der Waals surface area contributed by atoms with Crippen molar-refractivity contribution < 1.29 is 39.3 Å². The van der Waals surface area contributed by atoms with Crippen molar-refractivity contribution in [1.82, 2.24) is 30.6 Å². The van der Waals surface area contributed by atoms with Crippen molar-refractivity contribution in [3.8, 4) is 44.5 Å². The summed E-state index contributed by atoms with van der Waals surface area (Å²) >= 11 is 0. The highest BCUT2D eigenvalue weighted by Crippen LogP contribution is 2.40. The van der Waals surface area contributed by atoms with Gasteiger partial charge in [0.2, 0.25) is 5.91 Å². The molecule has 1 aliphatic carbocycles. The molecule has 0 radical (unpaired) electrons. The summed E-state index contributed by atoms with van der Waals surface area (Å²) in [5.74, 6) is -2.32. The lowest BCUT2D eigenvalue weighted by Crippen LogP contribution is -2.38. The average molecular weight is 1310 g/mol. The first-order valence-corrected chi connectivity index (χ1v) is 46.6. The smallest absolute Gasteiger partial charge is 0.335 e. The van der Waals surface area contributed by atoms with Crippen molar-refractivity contribution in [3.63, 3.8) is 0 Å². The van der Waals surface area contributed by atoms with E-state index in [4.69, 9.17) is 9.97 Å². The van der Waals surface area contributed by atoms with Crippen LogP contribution in [0.1, 0.15) is 64.2 Å².